The van der Waals surface area contributed by atoms with E-state index in [-0.39, 0.29) is 12.4 Å². The second-order valence-corrected chi connectivity index (χ2v) is 7.99. The van der Waals surface area contributed by atoms with Gasteiger partial charge in [-0.25, -0.2) is 4.68 Å². The largest absolute Gasteiger partial charge is 0.490 e. The third-order valence-corrected chi connectivity index (χ3v) is 5.78. The molecule has 0 amide bonds. The molecule has 0 radical (unpaired) electrons. The number of ether oxygens (including phenoxy) is 2. The molecule has 0 spiro atoms. The Labute approximate surface area is 198 Å². The second-order valence-electron chi connectivity index (χ2n) is 6.52. The first-order chi connectivity index (χ1) is 14.7. The van der Waals surface area contributed by atoms with Gasteiger partial charge in [-0.2, -0.15) is 0 Å². The summed E-state index contributed by atoms with van der Waals surface area (Å²) in [6.45, 7) is 4.50. The Morgan fingerprint density at radius 2 is 1.90 bits per heavy atom. The van der Waals surface area contributed by atoms with Gasteiger partial charge in [0.1, 0.15) is 6.61 Å². The predicted molar refractivity (Wildman–Crippen MR) is 126 cm³/mol. The Hall–Kier alpha value is -2.00. The number of rotatable bonds is 12. The minimum atomic E-state index is 0. The van der Waals surface area contributed by atoms with Gasteiger partial charge in [0.05, 0.1) is 6.61 Å². The van der Waals surface area contributed by atoms with E-state index >= 15 is 0 Å². The highest BCUT2D eigenvalue weighted by molar-refractivity contribution is 7.99. The molecule has 1 N–H and O–H groups in total. The average Bonchev–Trinajstić information content (AvgIpc) is 3.16. The third-order valence-electron chi connectivity index (χ3n) is 4.32. The number of nitrogens with one attached hydrogen (secondary N) is 1. The summed E-state index contributed by atoms with van der Waals surface area (Å²) >= 11 is 7.92. The Bertz CT molecular complexity index is 942. The lowest BCUT2D eigenvalue weighted by Crippen LogP contribution is -2.16. The van der Waals surface area contributed by atoms with E-state index in [0.717, 1.165) is 46.5 Å². The Morgan fingerprint density at radius 1 is 1.10 bits per heavy atom. The zero-order chi connectivity index (χ0) is 21.2. The second kappa shape index (κ2) is 13.4. The first kappa shape index (κ1) is 25.3. The van der Waals surface area contributed by atoms with Crippen LogP contribution in [0, 0.1) is 0 Å². The molecule has 7 nitrogen and oxygen atoms in total. The van der Waals surface area contributed by atoms with Gasteiger partial charge in [0.25, 0.3) is 0 Å². The molecule has 168 valence electrons. The van der Waals surface area contributed by atoms with Crippen LogP contribution in [0.5, 0.6) is 11.5 Å². The molecule has 3 aromatic rings. The summed E-state index contributed by atoms with van der Waals surface area (Å²) in [6, 6.07) is 13.7. The van der Waals surface area contributed by atoms with E-state index in [9.17, 15) is 0 Å². The van der Waals surface area contributed by atoms with Crippen molar-refractivity contribution in [2.75, 3.05) is 18.9 Å². The molecule has 0 aliphatic heterocycles. The lowest BCUT2D eigenvalue weighted by atomic mass is 10.1. The van der Waals surface area contributed by atoms with Crippen molar-refractivity contribution < 1.29 is 9.47 Å². The van der Waals surface area contributed by atoms with Crippen LogP contribution in [0.3, 0.4) is 0 Å². The van der Waals surface area contributed by atoms with Crippen LogP contribution < -0.4 is 14.8 Å². The quantitative estimate of drug-likeness (QED) is 0.299. The molecule has 0 aliphatic rings. The molecule has 0 bridgehead atoms. The molecule has 1 heterocycles. The lowest BCUT2D eigenvalue weighted by Gasteiger charge is -2.17. The molecular formula is C21H27Cl2N5O2S. The minimum absolute atomic E-state index is 0. The molecule has 0 atom stereocenters. The maximum Gasteiger partial charge on any atom is 0.209 e. The lowest BCUT2D eigenvalue weighted by molar-refractivity contribution is 0.266. The van der Waals surface area contributed by atoms with Gasteiger partial charge >= 0.3 is 0 Å². The van der Waals surface area contributed by atoms with Gasteiger partial charge in [-0.15, -0.1) is 17.5 Å². The average molecular weight is 484 g/mol. The molecule has 0 unspecified atom stereocenters. The Balaban J connectivity index is 0.00000341. The highest BCUT2D eigenvalue weighted by Gasteiger charge is 2.12. The number of hydrogen-bond acceptors (Lipinski definition) is 7. The highest BCUT2D eigenvalue weighted by Crippen LogP contribution is 2.32. The highest BCUT2D eigenvalue weighted by atomic mass is 35.5. The first-order valence-corrected chi connectivity index (χ1v) is 11.2. The molecule has 10 heteroatoms. The Kier molecular flexibility index (Phi) is 10.9. The summed E-state index contributed by atoms with van der Waals surface area (Å²) in [6.07, 6.45) is 0.999. The number of thioether (sulfide) groups is 1. The van der Waals surface area contributed by atoms with Crippen molar-refractivity contribution in [3.05, 3.63) is 58.6 Å². The summed E-state index contributed by atoms with van der Waals surface area (Å²) in [7, 11) is 1.84. The number of halogens is 2. The molecular weight excluding hydrogens is 457 g/mol. The van der Waals surface area contributed by atoms with E-state index in [2.05, 4.69) is 26.9 Å². The fourth-order valence-electron chi connectivity index (χ4n) is 2.83. The summed E-state index contributed by atoms with van der Waals surface area (Å²) < 4.78 is 13.6. The summed E-state index contributed by atoms with van der Waals surface area (Å²) in [4.78, 5) is 0. The standard InChI is InChI=1S/C21H26ClN5O2S.ClH/c1-3-28-19-11-6-9-16(20(19)29-15-17-8-4-5-10-18(17)22)14-23-12-7-13-30-21-24-25-26-27(21)2;/h4-6,8-11,23H,3,7,12-15H2,1-2H3;1H. The van der Waals surface area contributed by atoms with Crippen molar-refractivity contribution in [2.45, 2.75) is 31.7 Å². The summed E-state index contributed by atoms with van der Waals surface area (Å²) in [5, 5.41) is 16.5. The van der Waals surface area contributed by atoms with Gasteiger partial charge in [0.2, 0.25) is 5.16 Å². The van der Waals surface area contributed by atoms with Gasteiger partial charge in [-0.3, -0.25) is 0 Å². The van der Waals surface area contributed by atoms with E-state index in [1.54, 1.807) is 16.4 Å². The van der Waals surface area contributed by atoms with E-state index in [0.29, 0.717) is 24.8 Å². The summed E-state index contributed by atoms with van der Waals surface area (Å²) in [5.74, 6) is 2.44. The van der Waals surface area contributed by atoms with Gasteiger partial charge in [-0.1, -0.05) is 53.7 Å². The normalized spacial score (nSPS) is 10.5. The summed E-state index contributed by atoms with van der Waals surface area (Å²) in [5.41, 5.74) is 2.00. The third kappa shape index (κ3) is 7.57. The number of hydrogen-bond donors (Lipinski definition) is 1. The van der Waals surface area contributed by atoms with Gasteiger partial charge in [-0.05, 0) is 42.4 Å². The molecule has 0 aliphatic carbocycles. The minimum Gasteiger partial charge on any atom is -0.490 e. The van der Waals surface area contributed by atoms with Crippen LogP contribution in [0.25, 0.3) is 0 Å². The smallest absolute Gasteiger partial charge is 0.209 e. The zero-order valence-corrected chi connectivity index (χ0v) is 20.0. The Morgan fingerprint density at radius 3 is 2.65 bits per heavy atom. The van der Waals surface area contributed by atoms with Gasteiger partial charge < -0.3 is 14.8 Å². The maximum atomic E-state index is 6.27. The van der Waals surface area contributed by atoms with Crippen LogP contribution >= 0.6 is 35.8 Å². The van der Waals surface area contributed by atoms with Gasteiger partial charge in [0, 0.05) is 35.5 Å². The maximum absolute atomic E-state index is 6.27. The first-order valence-electron chi connectivity index (χ1n) is 9.85. The van der Waals surface area contributed by atoms with Gasteiger partial charge in [0.15, 0.2) is 11.5 Å². The SMILES string of the molecule is CCOc1cccc(CNCCCSc2nnnn2C)c1OCc1ccccc1Cl.Cl. The number of nitrogens with zero attached hydrogens (tertiary/aromatic N) is 4. The van der Waals surface area contributed by atoms with Crippen LogP contribution in [0.2, 0.25) is 5.02 Å². The molecule has 0 saturated carbocycles. The van der Waals surface area contributed by atoms with Crippen LogP contribution in [-0.2, 0) is 20.2 Å². The monoisotopic (exact) mass is 483 g/mol. The number of aryl methyl sites for hydroxylation is 1. The molecule has 0 saturated heterocycles. The number of aromatic nitrogens is 4. The molecule has 2 aromatic carbocycles. The predicted octanol–water partition coefficient (Wildman–Crippen LogP) is 4.54. The van der Waals surface area contributed by atoms with Crippen LogP contribution in [0.4, 0.5) is 0 Å². The number of benzene rings is 2. The van der Waals surface area contributed by atoms with E-state index < -0.39 is 0 Å². The van der Waals surface area contributed by atoms with E-state index in [4.69, 9.17) is 21.1 Å². The molecule has 31 heavy (non-hydrogen) atoms. The fraction of sp³-hybridized carbons (Fsp3) is 0.381. The van der Waals surface area contributed by atoms with Crippen molar-refractivity contribution >= 4 is 35.8 Å². The van der Waals surface area contributed by atoms with Crippen molar-refractivity contribution in [2.24, 2.45) is 7.05 Å². The van der Waals surface area contributed by atoms with E-state index in [1.807, 2.05) is 50.4 Å². The molecule has 1 aromatic heterocycles. The van der Waals surface area contributed by atoms with Crippen LogP contribution in [0.1, 0.15) is 24.5 Å². The molecule has 0 fully saturated rings. The number of tetrazole rings is 1. The zero-order valence-electron chi connectivity index (χ0n) is 17.6. The van der Waals surface area contributed by atoms with Crippen molar-refractivity contribution in [3.8, 4) is 11.5 Å². The fourth-order valence-corrected chi connectivity index (χ4v) is 3.81. The number of para-hydroxylation sites is 1. The van der Waals surface area contributed by atoms with Crippen molar-refractivity contribution in [1.82, 2.24) is 25.5 Å². The van der Waals surface area contributed by atoms with Crippen molar-refractivity contribution in [1.29, 1.82) is 0 Å². The van der Waals surface area contributed by atoms with Crippen molar-refractivity contribution in [3.63, 3.8) is 0 Å². The van der Waals surface area contributed by atoms with Crippen LogP contribution in [0.15, 0.2) is 47.6 Å². The topological polar surface area (TPSA) is 74.1 Å². The molecule has 3 rings (SSSR count). The van der Waals surface area contributed by atoms with Crippen LogP contribution in [-0.4, -0.2) is 39.1 Å². The van der Waals surface area contributed by atoms with E-state index in [1.165, 1.54) is 0 Å².